The topological polar surface area (TPSA) is 24.5 Å². The van der Waals surface area contributed by atoms with Crippen LogP contribution in [0.1, 0.15) is 12.8 Å². The molecular weight excluding hydrogens is 212 g/mol. The lowest BCUT2D eigenvalue weighted by Crippen LogP contribution is -2.25. The summed E-state index contributed by atoms with van der Waals surface area (Å²) in [6.45, 7) is 2.84. The minimum atomic E-state index is 0.652. The van der Waals surface area contributed by atoms with E-state index in [1.54, 1.807) is 0 Å². The van der Waals surface area contributed by atoms with Crippen LogP contribution >= 0.6 is 0 Å². The Labute approximate surface area is 104 Å². The van der Waals surface area contributed by atoms with Crippen LogP contribution < -0.4 is 10.2 Å². The Bertz CT molecular complexity index is 346. The van der Waals surface area contributed by atoms with Gasteiger partial charge in [-0.25, -0.2) is 0 Å². The highest BCUT2D eigenvalue weighted by molar-refractivity contribution is 5.69. The number of hydrogen-bond acceptors (Lipinski definition) is 3. The van der Waals surface area contributed by atoms with Crippen molar-refractivity contribution in [3.8, 4) is 0 Å². The summed E-state index contributed by atoms with van der Waals surface area (Å²) < 4.78 is 5.50. The van der Waals surface area contributed by atoms with Crippen molar-refractivity contribution in [2.75, 3.05) is 44.1 Å². The summed E-state index contributed by atoms with van der Waals surface area (Å²) in [5, 5.41) is 3.54. The summed E-state index contributed by atoms with van der Waals surface area (Å²) in [6, 6.07) is 8.43. The molecule has 0 saturated carbocycles. The molecule has 1 aromatic rings. The van der Waals surface area contributed by atoms with Gasteiger partial charge in [-0.15, -0.1) is 0 Å². The van der Waals surface area contributed by atoms with E-state index in [1.165, 1.54) is 24.2 Å². The number of para-hydroxylation sites is 2. The second-order valence-corrected chi connectivity index (χ2v) is 4.88. The second kappa shape index (κ2) is 5.92. The van der Waals surface area contributed by atoms with Crippen LogP contribution in [0.3, 0.4) is 0 Å². The zero-order valence-electron chi connectivity index (χ0n) is 10.8. The quantitative estimate of drug-likeness (QED) is 0.866. The fourth-order valence-electron chi connectivity index (χ4n) is 2.24. The molecule has 1 heterocycles. The van der Waals surface area contributed by atoms with Crippen LogP contribution in [0.25, 0.3) is 0 Å². The smallest absolute Gasteiger partial charge is 0.0596 e. The van der Waals surface area contributed by atoms with Crippen molar-refractivity contribution in [2.45, 2.75) is 12.8 Å². The average Bonchev–Trinajstić information content (AvgIpc) is 2.38. The molecule has 1 N–H and O–H groups in total. The van der Waals surface area contributed by atoms with Gasteiger partial charge in [-0.05, 0) is 30.9 Å². The number of hydrogen-bond donors (Lipinski definition) is 1. The molecule has 0 spiro atoms. The number of ether oxygens (including phenoxy) is 1. The maximum Gasteiger partial charge on any atom is 0.0596 e. The van der Waals surface area contributed by atoms with Gasteiger partial charge in [0, 0.05) is 27.2 Å². The lowest BCUT2D eigenvalue weighted by Gasteiger charge is -2.24. The lowest BCUT2D eigenvalue weighted by atomic mass is 10.0. The predicted molar refractivity (Wildman–Crippen MR) is 72.8 cm³/mol. The van der Waals surface area contributed by atoms with E-state index in [1.807, 2.05) is 0 Å². The minimum Gasteiger partial charge on any atom is -0.383 e. The molecule has 3 nitrogen and oxygen atoms in total. The summed E-state index contributed by atoms with van der Waals surface area (Å²) >= 11 is 0. The molecule has 2 rings (SSSR count). The number of rotatable bonds is 4. The highest BCUT2D eigenvalue weighted by atomic mass is 16.5. The molecule has 3 heteroatoms. The van der Waals surface area contributed by atoms with Gasteiger partial charge in [-0.1, -0.05) is 12.1 Å². The van der Waals surface area contributed by atoms with Gasteiger partial charge in [0.05, 0.1) is 18.0 Å². The van der Waals surface area contributed by atoms with Crippen LogP contribution in [0.5, 0.6) is 0 Å². The third kappa shape index (κ3) is 3.37. The maximum absolute atomic E-state index is 5.50. The van der Waals surface area contributed by atoms with Gasteiger partial charge in [0.1, 0.15) is 0 Å². The third-order valence-electron chi connectivity index (χ3n) is 3.22. The van der Waals surface area contributed by atoms with Crippen LogP contribution in [0.2, 0.25) is 0 Å². The van der Waals surface area contributed by atoms with Gasteiger partial charge in [0.25, 0.3) is 0 Å². The SMILES string of the molecule is CN(C)c1ccccc1NCC1CCCOC1. The average molecular weight is 234 g/mol. The van der Waals surface area contributed by atoms with E-state index < -0.39 is 0 Å². The van der Waals surface area contributed by atoms with E-state index in [4.69, 9.17) is 4.74 Å². The summed E-state index contributed by atoms with van der Waals surface area (Å²) in [5.41, 5.74) is 2.45. The number of anilines is 2. The fraction of sp³-hybridized carbons (Fsp3) is 0.571. The molecule has 1 aliphatic rings. The molecule has 0 radical (unpaired) electrons. The van der Waals surface area contributed by atoms with E-state index in [-0.39, 0.29) is 0 Å². The van der Waals surface area contributed by atoms with Crippen LogP contribution in [-0.4, -0.2) is 33.9 Å². The lowest BCUT2D eigenvalue weighted by molar-refractivity contribution is 0.0595. The minimum absolute atomic E-state index is 0.652. The van der Waals surface area contributed by atoms with Gasteiger partial charge in [-0.3, -0.25) is 0 Å². The first kappa shape index (κ1) is 12.2. The molecule has 1 unspecified atom stereocenters. The van der Waals surface area contributed by atoms with Crippen LogP contribution in [0.15, 0.2) is 24.3 Å². The molecule has 1 atom stereocenters. The Kier molecular flexibility index (Phi) is 4.26. The van der Waals surface area contributed by atoms with Gasteiger partial charge in [0.15, 0.2) is 0 Å². The van der Waals surface area contributed by atoms with Gasteiger partial charge < -0.3 is 15.0 Å². The summed E-state index contributed by atoms with van der Waals surface area (Å²) in [7, 11) is 4.15. The van der Waals surface area contributed by atoms with Crippen molar-refractivity contribution in [1.82, 2.24) is 0 Å². The van der Waals surface area contributed by atoms with Crippen molar-refractivity contribution in [1.29, 1.82) is 0 Å². The first-order valence-corrected chi connectivity index (χ1v) is 6.35. The molecule has 0 aromatic heterocycles. The summed E-state index contributed by atoms with van der Waals surface area (Å²) in [6.07, 6.45) is 2.47. The van der Waals surface area contributed by atoms with Crippen LogP contribution in [0, 0.1) is 5.92 Å². The van der Waals surface area contributed by atoms with Crippen molar-refractivity contribution in [3.05, 3.63) is 24.3 Å². The Morgan fingerprint density at radius 2 is 2.18 bits per heavy atom. The highest BCUT2D eigenvalue weighted by Gasteiger charge is 2.14. The van der Waals surface area contributed by atoms with Crippen molar-refractivity contribution >= 4 is 11.4 Å². The molecular formula is C14H22N2O. The van der Waals surface area contributed by atoms with Crippen molar-refractivity contribution in [2.24, 2.45) is 5.92 Å². The molecule has 0 bridgehead atoms. The van der Waals surface area contributed by atoms with E-state index in [0.717, 1.165) is 19.8 Å². The Morgan fingerprint density at radius 3 is 2.88 bits per heavy atom. The fourth-order valence-corrected chi connectivity index (χ4v) is 2.24. The van der Waals surface area contributed by atoms with Crippen LogP contribution in [0.4, 0.5) is 11.4 Å². The molecule has 1 saturated heterocycles. The molecule has 94 valence electrons. The maximum atomic E-state index is 5.50. The molecule has 1 fully saturated rings. The predicted octanol–water partition coefficient (Wildman–Crippen LogP) is 2.59. The molecule has 0 amide bonds. The normalized spacial score (nSPS) is 20.0. The summed E-state index contributed by atoms with van der Waals surface area (Å²) in [4.78, 5) is 2.14. The second-order valence-electron chi connectivity index (χ2n) is 4.88. The zero-order chi connectivity index (χ0) is 12.1. The van der Waals surface area contributed by atoms with Gasteiger partial charge >= 0.3 is 0 Å². The van der Waals surface area contributed by atoms with Crippen LogP contribution in [-0.2, 0) is 4.74 Å². The van der Waals surface area contributed by atoms with Crippen molar-refractivity contribution < 1.29 is 4.74 Å². The first-order chi connectivity index (χ1) is 8.27. The monoisotopic (exact) mass is 234 g/mol. The molecule has 1 aromatic carbocycles. The Morgan fingerprint density at radius 1 is 1.35 bits per heavy atom. The highest BCUT2D eigenvalue weighted by Crippen LogP contribution is 2.24. The van der Waals surface area contributed by atoms with E-state index in [0.29, 0.717) is 5.92 Å². The third-order valence-corrected chi connectivity index (χ3v) is 3.22. The zero-order valence-corrected chi connectivity index (χ0v) is 10.8. The Hall–Kier alpha value is -1.22. The number of nitrogens with zero attached hydrogens (tertiary/aromatic N) is 1. The number of benzene rings is 1. The molecule has 1 aliphatic heterocycles. The van der Waals surface area contributed by atoms with E-state index >= 15 is 0 Å². The van der Waals surface area contributed by atoms with Gasteiger partial charge in [0.2, 0.25) is 0 Å². The van der Waals surface area contributed by atoms with E-state index in [9.17, 15) is 0 Å². The first-order valence-electron chi connectivity index (χ1n) is 6.35. The molecule has 0 aliphatic carbocycles. The Balaban J connectivity index is 1.93. The summed E-state index contributed by atoms with van der Waals surface area (Å²) in [5.74, 6) is 0.652. The van der Waals surface area contributed by atoms with Crippen molar-refractivity contribution in [3.63, 3.8) is 0 Å². The molecule has 17 heavy (non-hydrogen) atoms. The number of nitrogens with one attached hydrogen (secondary N) is 1. The largest absolute Gasteiger partial charge is 0.383 e. The standard InChI is InChI=1S/C14H22N2O/c1-16(2)14-8-4-3-7-13(14)15-10-12-6-5-9-17-11-12/h3-4,7-8,12,15H,5-6,9-11H2,1-2H3. The van der Waals surface area contributed by atoms with E-state index in [2.05, 4.69) is 48.6 Å². The van der Waals surface area contributed by atoms with Gasteiger partial charge in [-0.2, -0.15) is 0 Å².